The third kappa shape index (κ3) is 8.38. The fourth-order valence-corrected chi connectivity index (χ4v) is 4.71. The maximum Gasteiger partial charge on any atom is 0.244 e. The Morgan fingerprint density at radius 1 is 0.943 bits per heavy atom. The minimum absolute atomic E-state index is 0.0659. The summed E-state index contributed by atoms with van der Waals surface area (Å²) in [5.74, 6) is -0.648. The first-order valence-corrected chi connectivity index (χ1v) is 13.8. The Labute approximate surface area is 210 Å². The number of rotatable bonds is 10. The number of amides is 2. The highest BCUT2D eigenvalue weighted by Crippen LogP contribution is 2.29. The fourth-order valence-electron chi connectivity index (χ4n) is 3.84. The van der Waals surface area contributed by atoms with E-state index in [2.05, 4.69) is 5.32 Å². The molecule has 0 saturated heterocycles. The number of nitrogens with zero attached hydrogens (tertiary/aromatic N) is 2. The zero-order valence-electron chi connectivity index (χ0n) is 21.9. The second kappa shape index (κ2) is 11.7. The van der Waals surface area contributed by atoms with Gasteiger partial charge in [-0.1, -0.05) is 62.4 Å². The molecule has 0 aliphatic carbocycles. The Kier molecular flexibility index (Phi) is 9.49. The molecule has 2 amide bonds. The lowest BCUT2D eigenvalue weighted by Gasteiger charge is -2.33. The predicted octanol–water partition coefficient (Wildman–Crippen LogP) is 3.95. The van der Waals surface area contributed by atoms with Gasteiger partial charge in [-0.3, -0.25) is 13.9 Å². The van der Waals surface area contributed by atoms with E-state index in [1.807, 2.05) is 77.1 Å². The largest absolute Gasteiger partial charge is 0.350 e. The van der Waals surface area contributed by atoms with E-state index < -0.39 is 27.5 Å². The molecule has 0 fully saturated rings. The average Bonchev–Trinajstić information content (AvgIpc) is 2.76. The molecule has 0 aliphatic rings. The first-order valence-electron chi connectivity index (χ1n) is 11.9. The van der Waals surface area contributed by atoms with Crippen LogP contribution in [0.2, 0.25) is 0 Å². The Morgan fingerprint density at radius 2 is 1.51 bits per heavy atom. The normalized spacial score (nSPS) is 12.8. The Bertz CT molecular complexity index is 1110. The van der Waals surface area contributed by atoms with Crippen LogP contribution in [0.3, 0.4) is 0 Å². The lowest BCUT2D eigenvalue weighted by molar-refractivity contribution is -0.139. The maximum atomic E-state index is 13.6. The van der Waals surface area contributed by atoms with Gasteiger partial charge in [-0.05, 0) is 57.2 Å². The summed E-state index contributed by atoms with van der Waals surface area (Å²) in [4.78, 5) is 28.1. The number of benzene rings is 2. The van der Waals surface area contributed by atoms with Gasteiger partial charge < -0.3 is 10.2 Å². The first-order chi connectivity index (χ1) is 16.2. The number of para-hydroxylation sites is 1. The maximum absolute atomic E-state index is 13.6. The van der Waals surface area contributed by atoms with Crippen molar-refractivity contribution >= 4 is 27.5 Å². The van der Waals surface area contributed by atoms with Crippen LogP contribution in [0.4, 0.5) is 5.69 Å². The molecule has 2 aromatic carbocycles. The molecular formula is C27H39N3O4S. The van der Waals surface area contributed by atoms with Gasteiger partial charge in [-0.15, -0.1) is 0 Å². The van der Waals surface area contributed by atoms with Crippen molar-refractivity contribution in [1.82, 2.24) is 10.2 Å². The molecule has 2 rings (SSSR count). The Balaban J connectivity index is 2.39. The van der Waals surface area contributed by atoms with Gasteiger partial charge in [0, 0.05) is 12.1 Å². The number of hydrogen-bond acceptors (Lipinski definition) is 4. The van der Waals surface area contributed by atoms with E-state index in [1.165, 1.54) is 4.90 Å². The highest BCUT2D eigenvalue weighted by Gasteiger charge is 2.31. The van der Waals surface area contributed by atoms with Crippen LogP contribution in [0.5, 0.6) is 0 Å². The van der Waals surface area contributed by atoms with Crippen molar-refractivity contribution in [3.63, 3.8) is 0 Å². The van der Waals surface area contributed by atoms with Gasteiger partial charge in [0.2, 0.25) is 21.8 Å². The molecule has 192 valence electrons. The lowest BCUT2D eigenvalue weighted by Crippen LogP contribution is -2.55. The number of nitrogens with one attached hydrogen (secondary N) is 1. The van der Waals surface area contributed by atoms with E-state index in [9.17, 15) is 18.0 Å². The molecule has 0 spiro atoms. The average molecular weight is 502 g/mol. The summed E-state index contributed by atoms with van der Waals surface area (Å²) < 4.78 is 26.8. The predicted molar refractivity (Wildman–Crippen MR) is 142 cm³/mol. The summed E-state index contributed by atoms with van der Waals surface area (Å²) in [6.45, 7) is 11.2. The van der Waals surface area contributed by atoms with Crippen LogP contribution in [0.1, 0.15) is 58.6 Å². The van der Waals surface area contributed by atoms with Crippen molar-refractivity contribution < 1.29 is 18.0 Å². The number of anilines is 1. The molecule has 0 aliphatic heterocycles. The van der Waals surface area contributed by atoms with Crippen molar-refractivity contribution in [3.8, 4) is 0 Å². The molecule has 0 unspecified atom stereocenters. The highest BCUT2D eigenvalue weighted by molar-refractivity contribution is 7.92. The number of sulfonamides is 1. The van der Waals surface area contributed by atoms with Gasteiger partial charge in [0.1, 0.15) is 12.6 Å². The molecular weight excluding hydrogens is 462 g/mol. The summed E-state index contributed by atoms with van der Waals surface area (Å²) in [7, 11) is -3.76. The van der Waals surface area contributed by atoms with Crippen molar-refractivity contribution in [1.29, 1.82) is 0 Å². The van der Waals surface area contributed by atoms with Crippen LogP contribution in [-0.2, 0) is 26.0 Å². The van der Waals surface area contributed by atoms with Gasteiger partial charge in [0.05, 0.1) is 11.9 Å². The molecule has 1 N–H and O–H groups in total. The van der Waals surface area contributed by atoms with Crippen molar-refractivity contribution in [3.05, 3.63) is 65.7 Å². The van der Waals surface area contributed by atoms with Crippen LogP contribution >= 0.6 is 0 Å². The third-order valence-electron chi connectivity index (χ3n) is 5.66. The zero-order chi connectivity index (χ0) is 26.4. The zero-order valence-corrected chi connectivity index (χ0v) is 22.7. The molecule has 0 heterocycles. The summed E-state index contributed by atoms with van der Waals surface area (Å²) in [5.41, 5.74) is 1.88. The van der Waals surface area contributed by atoms with Crippen LogP contribution in [0, 0.1) is 0 Å². The molecule has 0 bridgehead atoms. The summed E-state index contributed by atoms with van der Waals surface area (Å²) in [6, 6.07) is 16.1. The minimum Gasteiger partial charge on any atom is -0.350 e. The first kappa shape index (κ1) is 28.4. The van der Waals surface area contributed by atoms with Crippen LogP contribution in [0.15, 0.2) is 54.6 Å². The van der Waals surface area contributed by atoms with Crippen molar-refractivity contribution in [2.45, 2.75) is 65.5 Å². The van der Waals surface area contributed by atoms with E-state index in [0.717, 1.165) is 21.7 Å². The molecule has 2 aromatic rings. The smallest absolute Gasteiger partial charge is 0.244 e. The Morgan fingerprint density at radius 3 is 2.06 bits per heavy atom. The molecule has 8 heteroatoms. The summed E-state index contributed by atoms with van der Waals surface area (Å²) in [6.07, 6.45) is 1.64. The van der Waals surface area contributed by atoms with Crippen LogP contribution in [-0.4, -0.2) is 56.1 Å². The number of carbonyl (C=O) groups is 2. The molecule has 35 heavy (non-hydrogen) atoms. The molecule has 0 radical (unpaired) electrons. The van der Waals surface area contributed by atoms with E-state index in [0.29, 0.717) is 12.1 Å². The number of hydrogen-bond donors (Lipinski definition) is 1. The molecule has 7 nitrogen and oxygen atoms in total. The highest BCUT2D eigenvalue weighted by atomic mass is 32.2. The van der Waals surface area contributed by atoms with Crippen LogP contribution < -0.4 is 9.62 Å². The van der Waals surface area contributed by atoms with Gasteiger partial charge in [-0.2, -0.15) is 0 Å². The molecule has 0 aromatic heterocycles. The standard InChI is InChI=1S/C27H39N3O4S/c1-20(2)23-15-11-12-16-24(23)30(35(7,33)34)19-25(31)29(18-17-22-13-9-8-10-14-22)21(3)26(32)28-27(4,5)6/h8-16,20-21H,17-19H2,1-7H3,(H,28,32)/t21-/m1/s1. The SMILES string of the molecule is CC(C)c1ccccc1N(CC(=O)N(CCc1ccccc1)[C@H](C)C(=O)NC(C)(C)C)S(C)(=O)=O. The monoisotopic (exact) mass is 501 g/mol. The Hall–Kier alpha value is -2.87. The minimum atomic E-state index is -3.76. The second-order valence-electron chi connectivity index (χ2n) is 10.2. The van der Waals surface area contributed by atoms with Crippen molar-refractivity contribution in [2.24, 2.45) is 0 Å². The van der Waals surface area contributed by atoms with Gasteiger partial charge >= 0.3 is 0 Å². The van der Waals surface area contributed by atoms with Gasteiger partial charge in [0.15, 0.2) is 0 Å². The van der Waals surface area contributed by atoms with Crippen molar-refractivity contribution in [2.75, 3.05) is 23.7 Å². The fraction of sp³-hybridized carbons (Fsp3) is 0.481. The van der Waals surface area contributed by atoms with Gasteiger partial charge in [0.25, 0.3) is 0 Å². The summed E-state index contributed by atoms with van der Waals surface area (Å²) >= 11 is 0. The van der Waals surface area contributed by atoms with E-state index in [1.54, 1.807) is 19.1 Å². The lowest BCUT2D eigenvalue weighted by atomic mass is 10.0. The van der Waals surface area contributed by atoms with E-state index >= 15 is 0 Å². The summed E-state index contributed by atoms with van der Waals surface area (Å²) in [5, 5.41) is 2.93. The van der Waals surface area contributed by atoms with Gasteiger partial charge in [-0.25, -0.2) is 8.42 Å². The molecule has 1 atom stereocenters. The third-order valence-corrected chi connectivity index (χ3v) is 6.78. The molecule has 0 saturated carbocycles. The quantitative estimate of drug-likeness (QED) is 0.534. The number of carbonyl (C=O) groups excluding carboxylic acids is 2. The van der Waals surface area contributed by atoms with Crippen LogP contribution in [0.25, 0.3) is 0 Å². The van der Waals surface area contributed by atoms with E-state index in [4.69, 9.17) is 0 Å². The topological polar surface area (TPSA) is 86.8 Å². The van der Waals surface area contributed by atoms with E-state index in [-0.39, 0.29) is 24.9 Å². The second-order valence-corrected chi connectivity index (χ2v) is 12.1.